The molecule has 0 bridgehead atoms. The summed E-state index contributed by atoms with van der Waals surface area (Å²) in [6.45, 7) is 0. The van der Waals surface area contributed by atoms with Crippen LogP contribution in [0.15, 0.2) is 82.6 Å². The van der Waals surface area contributed by atoms with Crippen molar-refractivity contribution in [2.45, 2.75) is 9.79 Å². The van der Waals surface area contributed by atoms with Crippen molar-refractivity contribution in [3.63, 3.8) is 0 Å². The zero-order valence-corrected chi connectivity index (χ0v) is 17.2. The van der Waals surface area contributed by atoms with Crippen molar-refractivity contribution in [3.8, 4) is 0 Å². The van der Waals surface area contributed by atoms with Crippen LogP contribution in [-0.4, -0.2) is 19.2 Å². The van der Waals surface area contributed by atoms with Crippen LogP contribution in [0.25, 0.3) is 10.1 Å². The van der Waals surface area contributed by atoms with E-state index in [-0.39, 0.29) is 15.5 Å². The van der Waals surface area contributed by atoms with Crippen molar-refractivity contribution >= 4 is 48.5 Å². The van der Waals surface area contributed by atoms with Crippen molar-refractivity contribution in [3.05, 3.63) is 93.6 Å². The lowest BCUT2D eigenvalue weighted by atomic mass is 10.2. The quantitative estimate of drug-likeness (QED) is 0.335. The van der Waals surface area contributed by atoms with Gasteiger partial charge < -0.3 is 5.32 Å². The number of amides is 1. The number of hydrogen-bond donors (Lipinski definition) is 1. The highest BCUT2D eigenvalue weighted by molar-refractivity contribution is 7.91. The number of halogens is 1. The zero-order valence-electron chi connectivity index (χ0n) is 15.6. The molecule has 0 aliphatic heterocycles. The first-order valence-electron chi connectivity index (χ1n) is 8.85. The molecule has 0 saturated heterocycles. The van der Waals surface area contributed by atoms with Crippen molar-refractivity contribution in [1.82, 2.24) is 0 Å². The largest absolute Gasteiger partial charge is 0.321 e. The Balaban J connectivity index is 1.53. The monoisotopic (exact) mass is 456 g/mol. The van der Waals surface area contributed by atoms with E-state index in [4.69, 9.17) is 0 Å². The molecule has 0 aliphatic carbocycles. The Morgan fingerprint density at radius 1 is 0.968 bits per heavy atom. The maximum absolute atomic E-state index is 13.8. The van der Waals surface area contributed by atoms with Crippen LogP contribution >= 0.6 is 11.3 Å². The molecule has 0 radical (unpaired) electrons. The minimum atomic E-state index is -3.88. The minimum Gasteiger partial charge on any atom is -0.321 e. The van der Waals surface area contributed by atoms with Crippen LogP contribution in [0, 0.1) is 15.9 Å². The maximum Gasteiger partial charge on any atom is 0.269 e. The molecular weight excluding hydrogens is 443 g/mol. The first kappa shape index (κ1) is 20.6. The molecule has 1 amide bonds. The number of carbonyl (C=O) groups excluding carboxylic acids is 1. The van der Waals surface area contributed by atoms with E-state index < -0.39 is 26.5 Å². The van der Waals surface area contributed by atoms with E-state index in [2.05, 4.69) is 5.32 Å². The van der Waals surface area contributed by atoms with Crippen LogP contribution in [0.1, 0.15) is 9.67 Å². The summed E-state index contributed by atoms with van der Waals surface area (Å²) in [6.07, 6.45) is 0. The maximum atomic E-state index is 13.8. The van der Waals surface area contributed by atoms with E-state index in [1.54, 1.807) is 12.1 Å². The number of nitrogens with zero attached hydrogens (tertiary/aromatic N) is 1. The molecule has 0 atom stereocenters. The smallest absolute Gasteiger partial charge is 0.269 e. The molecular formula is C21H13FN2O5S2. The second kappa shape index (κ2) is 7.89. The van der Waals surface area contributed by atoms with Gasteiger partial charge in [-0.1, -0.05) is 6.07 Å². The van der Waals surface area contributed by atoms with Crippen LogP contribution in [0.4, 0.5) is 15.8 Å². The second-order valence-electron chi connectivity index (χ2n) is 6.50. The molecule has 0 spiro atoms. The Morgan fingerprint density at radius 2 is 1.58 bits per heavy atom. The molecule has 4 rings (SSSR count). The first-order valence-corrected chi connectivity index (χ1v) is 11.1. The number of non-ortho nitro benzene ring substituents is 1. The minimum absolute atomic E-state index is 0.0247. The van der Waals surface area contributed by atoms with E-state index in [9.17, 15) is 27.7 Å². The summed E-state index contributed by atoms with van der Waals surface area (Å²) in [6, 6.07) is 16.2. The van der Waals surface area contributed by atoms with Gasteiger partial charge >= 0.3 is 0 Å². The molecule has 10 heteroatoms. The summed E-state index contributed by atoms with van der Waals surface area (Å²) < 4.78 is 39.9. The third-order valence-electron chi connectivity index (χ3n) is 4.51. The number of thiophene rings is 1. The highest BCUT2D eigenvalue weighted by Crippen LogP contribution is 2.29. The molecule has 0 unspecified atom stereocenters. The fourth-order valence-corrected chi connectivity index (χ4v) is 5.16. The Morgan fingerprint density at radius 3 is 2.16 bits per heavy atom. The molecule has 3 aromatic carbocycles. The number of nitro groups is 1. The van der Waals surface area contributed by atoms with Gasteiger partial charge in [0, 0.05) is 27.9 Å². The number of fused-ring (bicyclic) bond motifs is 1. The molecule has 7 nitrogen and oxygen atoms in total. The number of anilines is 1. The van der Waals surface area contributed by atoms with Crippen molar-refractivity contribution in [2.75, 3.05) is 5.32 Å². The number of sulfone groups is 1. The summed E-state index contributed by atoms with van der Waals surface area (Å²) in [4.78, 5) is 22.8. The molecule has 0 aliphatic rings. The lowest BCUT2D eigenvalue weighted by Crippen LogP contribution is -2.10. The topological polar surface area (TPSA) is 106 Å². The van der Waals surface area contributed by atoms with Gasteiger partial charge in [0.05, 0.1) is 19.6 Å². The van der Waals surface area contributed by atoms with Crippen LogP contribution in [0.5, 0.6) is 0 Å². The van der Waals surface area contributed by atoms with Gasteiger partial charge in [0.1, 0.15) is 5.82 Å². The van der Waals surface area contributed by atoms with E-state index in [0.29, 0.717) is 20.7 Å². The van der Waals surface area contributed by atoms with Gasteiger partial charge in [-0.05, 0) is 54.6 Å². The summed E-state index contributed by atoms with van der Waals surface area (Å²) >= 11 is 1.15. The molecule has 31 heavy (non-hydrogen) atoms. The van der Waals surface area contributed by atoms with E-state index in [1.807, 2.05) is 0 Å². The lowest BCUT2D eigenvalue weighted by molar-refractivity contribution is -0.384. The third kappa shape index (κ3) is 4.03. The highest BCUT2D eigenvalue weighted by Gasteiger charge is 2.19. The Kier molecular flexibility index (Phi) is 5.25. The van der Waals surface area contributed by atoms with Gasteiger partial charge in [0.2, 0.25) is 9.84 Å². The van der Waals surface area contributed by atoms with Crippen molar-refractivity contribution < 1.29 is 22.5 Å². The van der Waals surface area contributed by atoms with Crippen molar-refractivity contribution in [2.24, 2.45) is 0 Å². The third-order valence-corrected chi connectivity index (χ3v) is 7.40. The predicted molar refractivity (Wildman–Crippen MR) is 115 cm³/mol. The van der Waals surface area contributed by atoms with Gasteiger partial charge in [-0.15, -0.1) is 11.3 Å². The zero-order chi connectivity index (χ0) is 22.2. The standard InChI is InChI=1S/C21H13FN2O5S2/c22-18-2-1-3-19-17(18)12-20(30-19)21(25)23-13-4-8-15(9-5-13)31(28,29)16-10-6-14(7-11-16)24(26)27/h1-12H,(H,23,25). The van der Waals surface area contributed by atoms with E-state index >= 15 is 0 Å². The normalized spacial score (nSPS) is 11.4. The molecule has 1 aromatic heterocycles. The van der Waals surface area contributed by atoms with Gasteiger partial charge in [-0.2, -0.15) is 0 Å². The summed E-state index contributed by atoms with van der Waals surface area (Å²) in [5.41, 5.74) is 0.156. The average molecular weight is 456 g/mol. The van der Waals surface area contributed by atoms with Crippen molar-refractivity contribution in [1.29, 1.82) is 0 Å². The fraction of sp³-hybridized carbons (Fsp3) is 0. The number of carbonyl (C=O) groups is 1. The first-order chi connectivity index (χ1) is 14.8. The number of benzene rings is 3. The fourth-order valence-electron chi connectivity index (χ4n) is 2.93. The van der Waals surface area contributed by atoms with Gasteiger partial charge in [-0.3, -0.25) is 14.9 Å². The average Bonchev–Trinajstić information content (AvgIpc) is 3.20. The highest BCUT2D eigenvalue weighted by atomic mass is 32.2. The van der Waals surface area contributed by atoms with E-state index in [0.717, 1.165) is 23.5 Å². The number of rotatable bonds is 5. The van der Waals surface area contributed by atoms with E-state index in [1.165, 1.54) is 48.5 Å². The lowest BCUT2D eigenvalue weighted by Gasteiger charge is -2.07. The molecule has 0 fully saturated rings. The number of hydrogen-bond acceptors (Lipinski definition) is 6. The van der Waals surface area contributed by atoms with Crippen LogP contribution < -0.4 is 5.32 Å². The van der Waals surface area contributed by atoms with Crippen LogP contribution in [-0.2, 0) is 9.84 Å². The second-order valence-corrected chi connectivity index (χ2v) is 9.53. The Hall–Kier alpha value is -3.63. The molecule has 1 heterocycles. The van der Waals surface area contributed by atoms with Crippen LogP contribution in [0.2, 0.25) is 0 Å². The number of nitro benzene ring substituents is 1. The van der Waals surface area contributed by atoms with Crippen LogP contribution in [0.3, 0.4) is 0 Å². The Bertz CT molecular complexity index is 1410. The molecule has 4 aromatic rings. The summed E-state index contributed by atoms with van der Waals surface area (Å²) in [5.74, 6) is -0.847. The molecule has 1 N–H and O–H groups in total. The summed E-state index contributed by atoms with van der Waals surface area (Å²) in [5, 5.41) is 13.8. The van der Waals surface area contributed by atoms with Gasteiger partial charge in [0.25, 0.3) is 11.6 Å². The van der Waals surface area contributed by atoms with Gasteiger partial charge in [0.15, 0.2) is 0 Å². The Labute approximate surface area is 179 Å². The number of nitrogens with one attached hydrogen (secondary N) is 1. The molecule has 0 saturated carbocycles. The predicted octanol–water partition coefficient (Wildman–Crippen LogP) is 5.03. The summed E-state index contributed by atoms with van der Waals surface area (Å²) in [7, 11) is -3.88. The molecule has 156 valence electrons. The SMILES string of the molecule is O=C(Nc1ccc(S(=O)(=O)c2ccc([N+](=O)[O-])cc2)cc1)c1cc2c(F)cccc2s1. The van der Waals surface area contributed by atoms with Gasteiger partial charge in [-0.25, -0.2) is 12.8 Å².